The molecule has 1 fully saturated rings. The number of nitrogens with one attached hydrogen (secondary N) is 1. The maximum Gasteiger partial charge on any atom is 0.407 e. The SMILES string of the molecule is CO[C@H]1CN(CCCCCC#N)CC[C@H]1NC(=O)OC(C)(C)C. The number of nitriles is 1. The van der Waals surface area contributed by atoms with Crippen LogP contribution >= 0.6 is 0 Å². The predicted octanol–water partition coefficient (Wildman–Crippen LogP) is 2.68. The number of alkyl carbamates (subject to hydrolysis) is 1. The molecule has 0 bridgehead atoms. The number of unbranched alkanes of at least 4 members (excludes halogenated alkanes) is 3. The van der Waals surface area contributed by atoms with Gasteiger partial charge in [0.1, 0.15) is 5.60 Å². The average molecular weight is 325 g/mol. The van der Waals surface area contributed by atoms with Crippen LogP contribution in [0.5, 0.6) is 0 Å². The number of hydrogen-bond donors (Lipinski definition) is 1. The van der Waals surface area contributed by atoms with E-state index < -0.39 is 5.60 Å². The number of carbonyl (C=O) groups is 1. The number of amides is 1. The Labute approximate surface area is 140 Å². The molecular weight excluding hydrogens is 294 g/mol. The highest BCUT2D eigenvalue weighted by molar-refractivity contribution is 5.68. The lowest BCUT2D eigenvalue weighted by atomic mass is 10.0. The summed E-state index contributed by atoms with van der Waals surface area (Å²) in [5.74, 6) is 0. The van der Waals surface area contributed by atoms with Gasteiger partial charge in [-0.1, -0.05) is 6.42 Å². The van der Waals surface area contributed by atoms with Gasteiger partial charge < -0.3 is 19.7 Å². The monoisotopic (exact) mass is 325 g/mol. The molecule has 1 aliphatic heterocycles. The van der Waals surface area contributed by atoms with E-state index in [1.807, 2.05) is 20.8 Å². The fourth-order valence-electron chi connectivity index (χ4n) is 2.76. The van der Waals surface area contributed by atoms with Gasteiger partial charge in [0.05, 0.1) is 18.2 Å². The molecule has 23 heavy (non-hydrogen) atoms. The first-order valence-corrected chi connectivity index (χ1v) is 8.47. The van der Waals surface area contributed by atoms with Gasteiger partial charge >= 0.3 is 6.09 Å². The van der Waals surface area contributed by atoms with Gasteiger partial charge in [-0.25, -0.2) is 4.79 Å². The van der Waals surface area contributed by atoms with Gasteiger partial charge in [0.2, 0.25) is 0 Å². The summed E-state index contributed by atoms with van der Waals surface area (Å²) in [7, 11) is 1.69. The number of hydrogen-bond acceptors (Lipinski definition) is 5. The Balaban J connectivity index is 2.35. The van der Waals surface area contributed by atoms with Crippen LogP contribution in [-0.2, 0) is 9.47 Å². The van der Waals surface area contributed by atoms with Crippen molar-refractivity contribution in [1.82, 2.24) is 10.2 Å². The number of carbonyl (C=O) groups excluding carboxylic acids is 1. The Kier molecular flexibility index (Phi) is 8.35. The third-order valence-corrected chi connectivity index (χ3v) is 3.91. The fraction of sp³-hybridized carbons (Fsp3) is 0.882. The molecular formula is C17H31N3O3. The second-order valence-corrected chi connectivity index (χ2v) is 7.08. The molecule has 0 unspecified atom stereocenters. The molecule has 0 aromatic rings. The molecule has 1 rings (SSSR count). The summed E-state index contributed by atoms with van der Waals surface area (Å²) in [5, 5.41) is 11.5. The van der Waals surface area contributed by atoms with Crippen molar-refractivity contribution in [2.45, 2.75) is 70.6 Å². The Bertz CT molecular complexity index is 401. The summed E-state index contributed by atoms with van der Waals surface area (Å²) in [5.41, 5.74) is -0.489. The van der Waals surface area contributed by atoms with E-state index in [9.17, 15) is 4.79 Å². The molecule has 0 radical (unpaired) electrons. The van der Waals surface area contributed by atoms with Crippen LogP contribution in [-0.4, -0.2) is 55.5 Å². The summed E-state index contributed by atoms with van der Waals surface area (Å²) >= 11 is 0. The molecule has 1 heterocycles. The van der Waals surface area contributed by atoms with Gasteiger partial charge in [0.25, 0.3) is 0 Å². The molecule has 2 atom stereocenters. The second kappa shape index (κ2) is 9.74. The lowest BCUT2D eigenvalue weighted by Crippen LogP contribution is -2.55. The van der Waals surface area contributed by atoms with Gasteiger partial charge in [-0.3, -0.25) is 0 Å². The number of likely N-dealkylation sites (tertiary alicyclic amines) is 1. The number of ether oxygens (including phenoxy) is 2. The molecule has 0 saturated carbocycles. The van der Waals surface area contributed by atoms with E-state index in [0.29, 0.717) is 6.42 Å². The number of nitrogens with zero attached hydrogens (tertiary/aromatic N) is 2. The minimum absolute atomic E-state index is 0.00955. The maximum atomic E-state index is 11.9. The van der Waals surface area contributed by atoms with Crippen LogP contribution < -0.4 is 5.32 Å². The van der Waals surface area contributed by atoms with Crippen molar-refractivity contribution in [1.29, 1.82) is 5.26 Å². The molecule has 6 heteroatoms. The van der Waals surface area contributed by atoms with E-state index in [0.717, 1.165) is 45.3 Å². The van der Waals surface area contributed by atoms with Gasteiger partial charge in [0, 0.05) is 26.6 Å². The molecule has 1 N–H and O–H groups in total. The van der Waals surface area contributed by atoms with Crippen molar-refractivity contribution in [3.8, 4) is 6.07 Å². The van der Waals surface area contributed by atoms with Crippen LogP contribution in [0.2, 0.25) is 0 Å². The molecule has 0 aromatic heterocycles. The van der Waals surface area contributed by atoms with Crippen LogP contribution in [0.4, 0.5) is 4.79 Å². The minimum Gasteiger partial charge on any atom is -0.444 e. The lowest BCUT2D eigenvalue weighted by Gasteiger charge is -2.38. The van der Waals surface area contributed by atoms with Gasteiger partial charge in [-0.15, -0.1) is 0 Å². The van der Waals surface area contributed by atoms with E-state index in [4.69, 9.17) is 14.7 Å². The van der Waals surface area contributed by atoms with Crippen molar-refractivity contribution in [2.24, 2.45) is 0 Å². The minimum atomic E-state index is -0.489. The molecule has 0 aliphatic carbocycles. The fourth-order valence-corrected chi connectivity index (χ4v) is 2.76. The largest absolute Gasteiger partial charge is 0.444 e. The van der Waals surface area contributed by atoms with Crippen molar-refractivity contribution in [3.63, 3.8) is 0 Å². The number of methoxy groups -OCH3 is 1. The van der Waals surface area contributed by atoms with Crippen molar-refractivity contribution >= 4 is 6.09 Å². The molecule has 0 aromatic carbocycles. The van der Waals surface area contributed by atoms with Crippen LogP contribution in [0.15, 0.2) is 0 Å². The standard InChI is InChI=1S/C17H31N3O3/c1-17(2,3)23-16(21)19-14-9-12-20(13-15(14)22-4)11-8-6-5-7-10-18/h14-15H,5-9,11-13H2,1-4H3,(H,19,21)/t14-,15+/m1/s1. The summed E-state index contributed by atoms with van der Waals surface area (Å²) in [6.45, 7) is 8.35. The van der Waals surface area contributed by atoms with E-state index in [1.165, 1.54) is 0 Å². The predicted molar refractivity (Wildman–Crippen MR) is 89.1 cm³/mol. The first-order valence-electron chi connectivity index (χ1n) is 8.47. The average Bonchev–Trinajstić information content (AvgIpc) is 2.46. The van der Waals surface area contributed by atoms with Gasteiger partial charge in [0.15, 0.2) is 0 Å². The van der Waals surface area contributed by atoms with E-state index >= 15 is 0 Å². The Hall–Kier alpha value is -1.32. The van der Waals surface area contributed by atoms with Crippen molar-refractivity contribution < 1.29 is 14.3 Å². The zero-order valence-electron chi connectivity index (χ0n) is 14.9. The number of rotatable bonds is 7. The first kappa shape index (κ1) is 19.7. The third-order valence-electron chi connectivity index (χ3n) is 3.91. The third kappa shape index (κ3) is 8.19. The highest BCUT2D eigenvalue weighted by atomic mass is 16.6. The number of piperidine rings is 1. The van der Waals surface area contributed by atoms with E-state index in [1.54, 1.807) is 7.11 Å². The summed E-state index contributed by atoms with van der Waals surface area (Å²) in [6.07, 6.45) is 4.26. The Morgan fingerprint density at radius 1 is 1.35 bits per heavy atom. The molecule has 1 amide bonds. The van der Waals surface area contributed by atoms with Crippen molar-refractivity contribution in [2.75, 3.05) is 26.7 Å². The topological polar surface area (TPSA) is 74.6 Å². The van der Waals surface area contributed by atoms with Crippen LogP contribution in [0, 0.1) is 11.3 Å². The molecule has 1 aliphatic rings. The lowest BCUT2D eigenvalue weighted by molar-refractivity contribution is -0.00270. The van der Waals surface area contributed by atoms with Gasteiger partial charge in [-0.2, -0.15) is 5.26 Å². The maximum absolute atomic E-state index is 11.9. The highest BCUT2D eigenvalue weighted by Gasteiger charge is 2.31. The smallest absolute Gasteiger partial charge is 0.407 e. The highest BCUT2D eigenvalue weighted by Crippen LogP contribution is 2.16. The Morgan fingerprint density at radius 3 is 2.70 bits per heavy atom. The molecule has 1 saturated heterocycles. The quantitative estimate of drug-likeness (QED) is 0.728. The van der Waals surface area contributed by atoms with Crippen LogP contribution in [0.25, 0.3) is 0 Å². The van der Waals surface area contributed by atoms with Gasteiger partial charge in [-0.05, 0) is 46.6 Å². The normalized spacial score (nSPS) is 22.4. The zero-order valence-corrected chi connectivity index (χ0v) is 14.9. The first-order chi connectivity index (χ1) is 10.9. The van der Waals surface area contributed by atoms with E-state index in [-0.39, 0.29) is 18.2 Å². The summed E-state index contributed by atoms with van der Waals surface area (Å²) in [4.78, 5) is 14.3. The van der Waals surface area contributed by atoms with Crippen molar-refractivity contribution in [3.05, 3.63) is 0 Å². The molecule has 6 nitrogen and oxygen atoms in total. The van der Waals surface area contributed by atoms with E-state index in [2.05, 4.69) is 16.3 Å². The summed E-state index contributed by atoms with van der Waals surface area (Å²) < 4.78 is 10.9. The second-order valence-electron chi connectivity index (χ2n) is 7.08. The molecule has 132 valence electrons. The molecule has 0 spiro atoms. The Morgan fingerprint density at radius 2 is 2.09 bits per heavy atom. The van der Waals surface area contributed by atoms with Crippen LogP contribution in [0.1, 0.15) is 52.9 Å². The zero-order chi connectivity index (χ0) is 17.3. The van der Waals surface area contributed by atoms with Crippen LogP contribution in [0.3, 0.4) is 0 Å². The summed E-state index contributed by atoms with van der Waals surface area (Å²) in [6, 6.07) is 2.17.